The summed E-state index contributed by atoms with van der Waals surface area (Å²) in [6.45, 7) is 1.38. The molecule has 0 spiro atoms. The number of nitrogens with zero attached hydrogens (tertiary/aromatic N) is 1. The summed E-state index contributed by atoms with van der Waals surface area (Å²) in [5.41, 5.74) is 1.67. The van der Waals surface area contributed by atoms with E-state index in [0.717, 1.165) is 28.8 Å². The molecule has 3 N–H and O–H groups in total. The van der Waals surface area contributed by atoms with Crippen molar-refractivity contribution < 1.29 is 4.79 Å². The van der Waals surface area contributed by atoms with E-state index in [9.17, 15) is 4.79 Å². The molecule has 0 atom stereocenters. The molecule has 2 rings (SSSR count). The molecule has 1 amide bonds. The van der Waals surface area contributed by atoms with Gasteiger partial charge in [0.2, 0.25) is 0 Å². The van der Waals surface area contributed by atoms with E-state index in [1.54, 1.807) is 31.9 Å². The molecule has 0 fully saturated rings. The van der Waals surface area contributed by atoms with Crippen LogP contribution in [0, 0.1) is 0 Å². The number of benzene rings is 2. The summed E-state index contributed by atoms with van der Waals surface area (Å²) in [7, 11) is 3.36. The Hall–Kier alpha value is -2.18. The van der Waals surface area contributed by atoms with Crippen molar-refractivity contribution in [3.63, 3.8) is 0 Å². The highest BCUT2D eigenvalue weighted by Crippen LogP contribution is 2.19. The summed E-state index contributed by atoms with van der Waals surface area (Å²) < 4.78 is 0. The number of hydrogen-bond donors (Lipinski definition) is 3. The quantitative estimate of drug-likeness (QED) is 0.294. The van der Waals surface area contributed by atoms with E-state index in [1.807, 2.05) is 42.5 Å². The van der Waals surface area contributed by atoms with Crippen LogP contribution in [-0.2, 0) is 6.54 Å². The average molecular weight is 391 g/mol. The summed E-state index contributed by atoms with van der Waals surface area (Å²) in [5, 5.41) is 9.92. The molecule has 0 bridgehead atoms. The fourth-order valence-electron chi connectivity index (χ4n) is 2.24. The first-order chi connectivity index (χ1) is 12.6. The number of halogens is 1. The van der Waals surface area contributed by atoms with Gasteiger partial charge in [0.15, 0.2) is 5.96 Å². The second-order valence-corrected chi connectivity index (χ2v) is 7.04. The Kier molecular flexibility index (Phi) is 8.31. The van der Waals surface area contributed by atoms with E-state index < -0.39 is 0 Å². The highest BCUT2D eigenvalue weighted by Gasteiger charge is 2.04. The molecule has 0 unspecified atom stereocenters. The van der Waals surface area contributed by atoms with Gasteiger partial charge in [0, 0.05) is 48.4 Å². The van der Waals surface area contributed by atoms with Gasteiger partial charge in [-0.15, -0.1) is 11.8 Å². The van der Waals surface area contributed by atoms with Gasteiger partial charge in [-0.25, -0.2) is 0 Å². The van der Waals surface area contributed by atoms with Gasteiger partial charge < -0.3 is 16.0 Å². The smallest absolute Gasteiger partial charge is 0.251 e. The molecular weight excluding hydrogens is 368 g/mol. The molecule has 0 aliphatic heterocycles. The molecule has 0 aliphatic carbocycles. The van der Waals surface area contributed by atoms with E-state index in [1.165, 1.54) is 4.90 Å². The maximum Gasteiger partial charge on any atom is 0.251 e. The molecule has 0 heterocycles. The normalized spacial score (nSPS) is 11.1. The SMILES string of the molecule is CN=C(NCCSc1ccc(Cl)cc1)NCc1cccc(C(=O)NC)c1. The largest absolute Gasteiger partial charge is 0.356 e. The number of hydrogen-bond acceptors (Lipinski definition) is 3. The first-order valence-corrected chi connectivity index (χ1v) is 9.62. The van der Waals surface area contributed by atoms with Crippen LogP contribution in [0.15, 0.2) is 58.4 Å². The summed E-state index contributed by atoms with van der Waals surface area (Å²) in [6, 6.07) is 15.3. The molecule has 7 heteroatoms. The number of nitrogens with one attached hydrogen (secondary N) is 3. The fraction of sp³-hybridized carbons (Fsp3) is 0.263. The molecule has 26 heavy (non-hydrogen) atoms. The van der Waals surface area contributed by atoms with Crippen LogP contribution in [0.4, 0.5) is 0 Å². The van der Waals surface area contributed by atoms with Crippen molar-refractivity contribution in [1.82, 2.24) is 16.0 Å². The second kappa shape index (κ2) is 10.7. The zero-order chi connectivity index (χ0) is 18.8. The number of rotatable bonds is 7. The number of aliphatic imine (C=N–C) groups is 1. The van der Waals surface area contributed by atoms with Crippen molar-refractivity contribution in [2.45, 2.75) is 11.4 Å². The average Bonchev–Trinajstić information content (AvgIpc) is 2.68. The van der Waals surface area contributed by atoms with E-state index >= 15 is 0 Å². The Morgan fingerprint density at radius 2 is 1.92 bits per heavy atom. The summed E-state index contributed by atoms with van der Waals surface area (Å²) in [4.78, 5) is 17.1. The highest BCUT2D eigenvalue weighted by molar-refractivity contribution is 7.99. The number of guanidine groups is 1. The lowest BCUT2D eigenvalue weighted by atomic mass is 10.1. The summed E-state index contributed by atoms with van der Waals surface area (Å²) in [6.07, 6.45) is 0. The minimum absolute atomic E-state index is 0.0893. The number of thioether (sulfide) groups is 1. The van der Waals surface area contributed by atoms with Crippen molar-refractivity contribution in [1.29, 1.82) is 0 Å². The lowest BCUT2D eigenvalue weighted by molar-refractivity contribution is 0.0963. The first kappa shape index (κ1) is 20.1. The Balaban J connectivity index is 1.75. The Morgan fingerprint density at radius 1 is 1.15 bits per heavy atom. The third-order valence-electron chi connectivity index (χ3n) is 3.58. The van der Waals surface area contributed by atoms with Gasteiger partial charge in [0.1, 0.15) is 0 Å². The minimum Gasteiger partial charge on any atom is -0.356 e. The lowest BCUT2D eigenvalue weighted by Crippen LogP contribution is -2.38. The Bertz CT molecular complexity index is 749. The van der Waals surface area contributed by atoms with Crippen LogP contribution in [0.1, 0.15) is 15.9 Å². The van der Waals surface area contributed by atoms with Gasteiger partial charge in [0.05, 0.1) is 0 Å². The molecule has 0 radical (unpaired) electrons. The van der Waals surface area contributed by atoms with E-state index in [4.69, 9.17) is 11.6 Å². The fourth-order valence-corrected chi connectivity index (χ4v) is 3.14. The van der Waals surface area contributed by atoms with Crippen molar-refractivity contribution in [2.24, 2.45) is 4.99 Å². The second-order valence-electron chi connectivity index (χ2n) is 5.43. The van der Waals surface area contributed by atoms with Crippen LogP contribution in [0.3, 0.4) is 0 Å². The number of carbonyl (C=O) groups is 1. The van der Waals surface area contributed by atoms with Crippen LogP contribution in [0.25, 0.3) is 0 Å². The molecule has 0 aromatic heterocycles. The van der Waals surface area contributed by atoms with Crippen molar-refractivity contribution in [3.05, 3.63) is 64.7 Å². The van der Waals surface area contributed by atoms with Crippen molar-refractivity contribution in [2.75, 3.05) is 26.4 Å². The number of carbonyl (C=O) groups excluding carboxylic acids is 1. The lowest BCUT2D eigenvalue weighted by Gasteiger charge is -2.12. The summed E-state index contributed by atoms with van der Waals surface area (Å²) in [5.74, 6) is 1.55. The molecule has 2 aromatic rings. The zero-order valence-electron chi connectivity index (χ0n) is 14.9. The molecule has 0 saturated heterocycles. The number of amides is 1. The Morgan fingerprint density at radius 3 is 2.62 bits per heavy atom. The van der Waals surface area contributed by atoms with E-state index in [-0.39, 0.29) is 5.91 Å². The van der Waals surface area contributed by atoms with Gasteiger partial charge >= 0.3 is 0 Å². The zero-order valence-corrected chi connectivity index (χ0v) is 16.5. The third kappa shape index (κ3) is 6.61. The molecule has 5 nitrogen and oxygen atoms in total. The molecule has 138 valence electrons. The van der Waals surface area contributed by atoms with Crippen LogP contribution < -0.4 is 16.0 Å². The molecule has 0 aliphatic rings. The van der Waals surface area contributed by atoms with E-state index in [0.29, 0.717) is 12.1 Å². The predicted octanol–water partition coefficient (Wildman–Crippen LogP) is 3.16. The van der Waals surface area contributed by atoms with Crippen LogP contribution in [0.2, 0.25) is 5.02 Å². The monoisotopic (exact) mass is 390 g/mol. The van der Waals surface area contributed by atoms with Gasteiger partial charge in [0.25, 0.3) is 5.91 Å². The standard InChI is InChI=1S/C19H23ClN4OS/c1-21-18(25)15-5-3-4-14(12-15)13-24-19(22-2)23-10-11-26-17-8-6-16(20)7-9-17/h3-9,12H,10-11,13H2,1-2H3,(H,21,25)(H2,22,23,24). The van der Waals surface area contributed by atoms with Crippen molar-refractivity contribution >= 4 is 35.2 Å². The predicted molar refractivity (Wildman–Crippen MR) is 110 cm³/mol. The maximum absolute atomic E-state index is 11.7. The van der Waals surface area contributed by atoms with Crippen molar-refractivity contribution in [3.8, 4) is 0 Å². The maximum atomic E-state index is 11.7. The summed E-state index contributed by atoms with van der Waals surface area (Å²) >= 11 is 7.64. The minimum atomic E-state index is -0.0893. The molecule has 2 aromatic carbocycles. The van der Waals surface area contributed by atoms with Gasteiger partial charge in [-0.3, -0.25) is 9.79 Å². The Labute approximate surface area is 163 Å². The van der Waals surface area contributed by atoms with Gasteiger partial charge in [-0.2, -0.15) is 0 Å². The van der Waals surface area contributed by atoms with E-state index in [2.05, 4.69) is 20.9 Å². The third-order valence-corrected chi connectivity index (χ3v) is 4.84. The van der Waals surface area contributed by atoms with Gasteiger partial charge in [-0.1, -0.05) is 23.7 Å². The first-order valence-electron chi connectivity index (χ1n) is 8.26. The van der Waals surface area contributed by atoms with Crippen LogP contribution in [0.5, 0.6) is 0 Å². The van der Waals surface area contributed by atoms with Crippen LogP contribution in [-0.4, -0.2) is 38.3 Å². The van der Waals surface area contributed by atoms with Crippen LogP contribution >= 0.6 is 23.4 Å². The topological polar surface area (TPSA) is 65.5 Å². The molecular formula is C19H23ClN4OS. The molecule has 0 saturated carbocycles. The van der Waals surface area contributed by atoms with Gasteiger partial charge in [-0.05, 0) is 42.0 Å². The highest BCUT2D eigenvalue weighted by atomic mass is 35.5.